The molecule has 0 aromatic rings. The van der Waals surface area contributed by atoms with Crippen molar-refractivity contribution >= 4 is 5.91 Å². The summed E-state index contributed by atoms with van der Waals surface area (Å²) in [5.74, 6) is 0.949. The fourth-order valence-corrected chi connectivity index (χ4v) is 2.91. The van der Waals surface area contributed by atoms with E-state index in [-0.39, 0.29) is 5.91 Å². The molecular weight excluding hydrogens is 252 g/mol. The summed E-state index contributed by atoms with van der Waals surface area (Å²) in [6, 6.07) is 0.519. The SMILES string of the molecule is CCCC(CN)N1CCN(CC(=O)NCC2CC2)CC1. The molecule has 0 aromatic heterocycles. The highest BCUT2D eigenvalue weighted by Crippen LogP contribution is 2.27. The molecule has 0 radical (unpaired) electrons. The molecule has 2 rings (SSSR count). The number of carbonyl (C=O) groups is 1. The number of rotatable bonds is 8. The quantitative estimate of drug-likeness (QED) is 0.670. The summed E-state index contributed by atoms with van der Waals surface area (Å²) >= 11 is 0. The second-order valence-electron chi connectivity index (χ2n) is 6.24. The van der Waals surface area contributed by atoms with Gasteiger partial charge in [0.05, 0.1) is 6.54 Å². The molecule has 2 fully saturated rings. The number of carbonyl (C=O) groups excluding carboxylic acids is 1. The van der Waals surface area contributed by atoms with Gasteiger partial charge in [0.2, 0.25) is 5.91 Å². The van der Waals surface area contributed by atoms with Crippen molar-refractivity contribution in [1.29, 1.82) is 0 Å². The van der Waals surface area contributed by atoms with Gasteiger partial charge in [-0.1, -0.05) is 13.3 Å². The van der Waals surface area contributed by atoms with Crippen molar-refractivity contribution in [3.63, 3.8) is 0 Å². The molecule has 2 aliphatic rings. The highest BCUT2D eigenvalue weighted by atomic mass is 16.2. The Kier molecular flexibility index (Phi) is 6.26. The molecule has 3 N–H and O–H groups in total. The molecule has 20 heavy (non-hydrogen) atoms. The minimum atomic E-state index is 0.189. The maximum absolute atomic E-state index is 11.8. The van der Waals surface area contributed by atoms with Gasteiger partial charge in [-0.3, -0.25) is 14.6 Å². The van der Waals surface area contributed by atoms with E-state index in [1.807, 2.05) is 0 Å². The number of nitrogens with two attached hydrogens (primary N) is 1. The smallest absolute Gasteiger partial charge is 0.234 e. The maximum Gasteiger partial charge on any atom is 0.234 e. The van der Waals surface area contributed by atoms with Crippen LogP contribution in [0.15, 0.2) is 0 Å². The molecule has 116 valence electrons. The Morgan fingerprint density at radius 2 is 2.00 bits per heavy atom. The average Bonchev–Trinajstić information content (AvgIpc) is 3.28. The third-order valence-corrected chi connectivity index (χ3v) is 4.47. The molecule has 1 atom stereocenters. The van der Waals surface area contributed by atoms with E-state index in [1.165, 1.54) is 25.7 Å². The topological polar surface area (TPSA) is 61.6 Å². The van der Waals surface area contributed by atoms with Crippen LogP contribution < -0.4 is 11.1 Å². The van der Waals surface area contributed by atoms with Gasteiger partial charge >= 0.3 is 0 Å². The van der Waals surface area contributed by atoms with Gasteiger partial charge in [-0.2, -0.15) is 0 Å². The highest BCUT2D eigenvalue weighted by molar-refractivity contribution is 5.78. The monoisotopic (exact) mass is 282 g/mol. The molecule has 5 nitrogen and oxygen atoms in total. The van der Waals surface area contributed by atoms with E-state index in [1.54, 1.807) is 0 Å². The molecule has 1 saturated carbocycles. The number of nitrogens with one attached hydrogen (secondary N) is 1. The lowest BCUT2D eigenvalue weighted by atomic mass is 10.1. The molecule has 0 spiro atoms. The van der Waals surface area contributed by atoms with Gasteiger partial charge in [0.1, 0.15) is 0 Å². The fraction of sp³-hybridized carbons (Fsp3) is 0.933. The van der Waals surface area contributed by atoms with Crippen LogP contribution in [0.5, 0.6) is 0 Å². The molecule has 1 amide bonds. The van der Waals surface area contributed by atoms with Crippen molar-refractivity contribution in [3.8, 4) is 0 Å². The van der Waals surface area contributed by atoms with Crippen molar-refractivity contribution < 1.29 is 4.79 Å². The summed E-state index contributed by atoms with van der Waals surface area (Å²) in [6.45, 7) is 8.44. The fourth-order valence-electron chi connectivity index (χ4n) is 2.91. The summed E-state index contributed by atoms with van der Waals surface area (Å²) in [4.78, 5) is 16.6. The van der Waals surface area contributed by atoms with Crippen LogP contribution in [-0.4, -0.2) is 67.6 Å². The molecule has 1 aliphatic heterocycles. The first-order valence-corrected chi connectivity index (χ1v) is 8.16. The molecule has 1 saturated heterocycles. The van der Waals surface area contributed by atoms with Crippen molar-refractivity contribution in [3.05, 3.63) is 0 Å². The highest BCUT2D eigenvalue weighted by Gasteiger charge is 2.25. The predicted octanol–water partition coefficient (Wildman–Crippen LogP) is 0.258. The number of amides is 1. The summed E-state index contributed by atoms with van der Waals surface area (Å²) in [5, 5.41) is 3.04. The van der Waals surface area contributed by atoms with Crippen LogP contribution in [0, 0.1) is 5.92 Å². The molecule has 1 aliphatic carbocycles. The third-order valence-electron chi connectivity index (χ3n) is 4.47. The van der Waals surface area contributed by atoms with E-state index in [0.29, 0.717) is 12.6 Å². The zero-order chi connectivity index (χ0) is 14.4. The van der Waals surface area contributed by atoms with Crippen molar-refractivity contribution in [1.82, 2.24) is 15.1 Å². The van der Waals surface area contributed by atoms with Crippen LogP contribution in [0.1, 0.15) is 32.6 Å². The van der Waals surface area contributed by atoms with Crippen LogP contribution >= 0.6 is 0 Å². The number of hydrogen-bond acceptors (Lipinski definition) is 4. The summed E-state index contributed by atoms with van der Waals surface area (Å²) in [5.41, 5.74) is 5.86. The van der Waals surface area contributed by atoms with E-state index in [2.05, 4.69) is 22.0 Å². The molecular formula is C15H30N4O. The Hall–Kier alpha value is -0.650. The zero-order valence-electron chi connectivity index (χ0n) is 12.8. The van der Waals surface area contributed by atoms with Gasteiger partial charge in [-0.15, -0.1) is 0 Å². The average molecular weight is 282 g/mol. The lowest BCUT2D eigenvalue weighted by Crippen LogP contribution is -2.53. The molecule has 0 aromatic carbocycles. The van der Waals surface area contributed by atoms with Gasteiger partial charge in [-0.05, 0) is 25.2 Å². The maximum atomic E-state index is 11.8. The van der Waals surface area contributed by atoms with E-state index < -0.39 is 0 Å². The van der Waals surface area contributed by atoms with Gasteiger partial charge in [-0.25, -0.2) is 0 Å². The Morgan fingerprint density at radius 3 is 2.55 bits per heavy atom. The third kappa shape index (κ3) is 5.04. The van der Waals surface area contributed by atoms with E-state index in [0.717, 1.165) is 45.2 Å². The Labute approximate surface area is 122 Å². The minimum absolute atomic E-state index is 0.189. The van der Waals surface area contributed by atoms with Crippen molar-refractivity contribution in [2.75, 3.05) is 45.8 Å². The lowest BCUT2D eigenvalue weighted by molar-refractivity contribution is -0.122. The first kappa shape index (κ1) is 15.7. The van der Waals surface area contributed by atoms with Gasteiger partial charge in [0.15, 0.2) is 0 Å². The summed E-state index contributed by atoms with van der Waals surface area (Å²) in [6.07, 6.45) is 4.94. The standard InChI is InChI=1S/C15H30N4O/c1-2-3-14(10-16)19-8-6-18(7-9-19)12-15(20)17-11-13-4-5-13/h13-14H,2-12,16H2,1H3,(H,17,20). The van der Waals surface area contributed by atoms with Gasteiger partial charge in [0.25, 0.3) is 0 Å². The Balaban J connectivity index is 1.63. The molecule has 0 bridgehead atoms. The van der Waals surface area contributed by atoms with Crippen LogP contribution in [0.25, 0.3) is 0 Å². The minimum Gasteiger partial charge on any atom is -0.355 e. The van der Waals surface area contributed by atoms with E-state index in [4.69, 9.17) is 5.73 Å². The number of hydrogen-bond donors (Lipinski definition) is 2. The second kappa shape index (κ2) is 7.96. The van der Waals surface area contributed by atoms with Gasteiger partial charge < -0.3 is 11.1 Å². The van der Waals surface area contributed by atoms with Crippen molar-refractivity contribution in [2.24, 2.45) is 11.7 Å². The van der Waals surface area contributed by atoms with Crippen LogP contribution in [-0.2, 0) is 4.79 Å². The Bertz CT molecular complexity index is 298. The number of piperazine rings is 1. The van der Waals surface area contributed by atoms with Crippen molar-refractivity contribution in [2.45, 2.75) is 38.6 Å². The van der Waals surface area contributed by atoms with Crippen LogP contribution in [0.2, 0.25) is 0 Å². The van der Waals surface area contributed by atoms with Crippen LogP contribution in [0.3, 0.4) is 0 Å². The largest absolute Gasteiger partial charge is 0.355 e. The van der Waals surface area contributed by atoms with Gasteiger partial charge in [0, 0.05) is 45.3 Å². The first-order chi connectivity index (χ1) is 9.72. The molecule has 5 heteroatoms. The summed E-state index contributed by atoms with van der Waals surface area (Å²) < 4.78 is 0. The normalized spacial score (nSPS) is 22.7. The summed E-state index contributed by atoms with van der Waals surface area (Å²) in [7, 11) is 0. The first-order valence-electron chi connectivity index (χ1n) is 8.16. The van der Waals surface area contributed by atoms with Crippen LogP contribution in [0.4, 0.5) is 0 Å². The van der Waals surface area contributed by atoms with E-state index in [9.17, 15) is 4.79 Å². The Morgan fingerprint density at radius 1 is 1.30 bits per heavy atom. The van der Waals surface area contributed by atoms with E-state index >= 15 is 0 Å². The lowest BCUT2D eigenvalue weighted by Gasteiger charge is -2.38. The molecule has 1 heterocycles. The predicted molar refractivity (Wildman–Crippen MR) is 81.5 cm³/mol. The number of nitrogens with zero attached hydrogens (tertiary/aromatic N) is 2. The second-order valence-corrected chi connectivity index (χ2v) is 6.24. The zero-order valence-corrected chi connectivity index (χ0v) is 12.8. The molecule has 1 unspecified atom stereocenters.